The molecule has 0 aromatic heterocycles. The minimum absolute atomic E-state index is 0.101. The summed E-state index contributed by atoms with van der Waals surface area (Å²) in [5.74, 6) is -0.101. The Bertz CT molecular complexity index is 473. The molecule has 0 fully saturated rings. The van der Waals surface area contributed by atoms with Gasteiger partial charge in [-0.25, -0.2) is 0 Å². The van der Waals surface area contributed by atoms with Crippen LogP contribution in [0, 0.1) is 0 Å². The lowest BCUT2D eigenvalue weighted by atomic mass is 10.2. The first kappa shape index (κ1) is 16.3. The summed E-state index contributed by atoms with van der Waals surface area (Å²) in [5.41, 5.74) is 0.845. The van der Waals surface area contributed by atoms with Crippen LogP contribution in [0.3, 0.4) is 0 Å². The molecule has 1 aromatic rings. The van der Waals surface area contributed by atoms with E-state index < -0.39 is 0 Å². The lowest BCUT2D eigenvalue weighted by molar-refractivity contribution is -0.116. The number of benzene rings is 1. The van der Waals surface area contributed by atoms with Gasteiger partial charge >= 0.3 is 0 Å². The van der Waals surface area contributed by atoms with Gasteiger partial charge in [-0.15, -0.1) is 0 Å². The van der Waals surface area contributed by atoms with Crippen molar-refractivity contribution in [3.05, 3.63) is 39.0 Å². The molecule has 0 aliphatic heterocycles. The monoisotopic (exact) mass is 607 g/mol. The minimum atomic E-state index is -0.101. The van der Waals surface area contributed by atoms with Crippen LogP contribution in [-0.4, -0.2) is 5.91 Å². The number of amides is 1. The number of halogens is 5. The third-order valence-corrected chi connectivity index (χ3v) is 6.58. The second-order valence-corrected chi connectivity index (χ2v) is 9.14. The van der Waals surface area contributed by atoms with Gasteiger partial charge in [0, 0.05) is 16.6 Å². The molecule has 0 aliphatic rings. The molecule has 0 atom stereocenters. The lowest BCUT2D eigenvalue weighted by Gasteiger charge is -2.07. The Morgan fingerprint density at radius 3 is 2.41 bits per heavy atom. The zero-order chi connectivity index (χ0) is 13.0. The van der Waals surface area contributed by atoms with Crippen LogP contribution in [0.4, 0.5) is 0 Å². The molecule has 1 aromatic carbocycles. The molecule has 1 rings (SSSR count). The van der Waals surface area contributed by atoms with Gasteiger partial charge in [-0.2, -0.15) is 0 Å². The number of hydrogen-bond acceptors (Lipinski definition) is 1. The summed E-state index contributed by atoms with van der Waals surface area (Å²) in [6, 6.07) is 5.21. The predicted octanol–water partition coefficient (Wildman–Crippen LogP) is 5.08. The van der Waals surface area contributed by atoms with E-state index in [0.717, 1.165) is 7.15 Å². The molecule has 0 heterocycles. The molecule has 92 valence electrons. The third kappa shape index (κ3) is 5.37. The molecule has 0 spiro atoms. The fraction of sp³-hybridized carbons (Fsp3) is 0.100. The van der Waals surface area contributed by atoms with Crippen LogP contribution < -0.4 is 5.32 Å². The van der Waals surface area contributed by atoms with Gasteiger partial charge in [0.1, 0.15) is 0 Å². The zero-order valence-electron chi connectivity index (χ0n) is 8.24. The maximum absolute atomic E-state index is 11.7. The van der Waals surface area contributed by atoms with Crippen LogP contribution in [-0.2, 0) is 11.3 Å². The van der Waals surface area contributed by atoms with Gasteiger partial charge in [0.15, 0.2) is 0 Å². The van der Waals surface area contributed by atoms with E-state index in [1.54, 1.807) is 18.2 Å². The van der Waals surface area contributed by atoms with Gasteiger partial charge in [0.05, 0.1) is 5.17 Å². The fourth-order valence-corrected chi connectivity index (χ4v) is 2.16. The molecular weight excluding hydrogens is 602 g/mol. The Morgan fingerprint density at radius 2 is 1.88 bits per heavy atom. The quantitative estimate of drug-likeness (QED) is 0.377. The summed E-state index contributed by atoms with van der Waals surface area (Å²) in [5, 5.41) is 3.94. The maximum atomic E-state index is 11.7. The first-order valence-electron chi connectivity index (χ1n) is 4.34. The highest BCUT2D eigenvalue weighted by Crippen LogP contribution is 2.25. The molecule has 0 aliphatic carbocycles. The van der Waals surface area contributed by atoms with E-state index in [2.05, 4.69) is 50.5 Å². The molecule has 1 N–H and O–H groups in total. The van der Waals surface area contributed by atoms with Crippen molar-refractivity contribution in [1.29, 1.82) is 0 Å². The van der Waals surface area contributed by atoms with Gasteiger partial charge in [0.25, 0.3) is 5.91 Å². The van der Waals surface area contributed by atoms with Gasteiger partial charge in [0.2, 0.25) is 0 Å². The first-order valence-corrected chi connectivity index (χ1v) is 8.34. The van der Waals surface area contributed by atoms with Crippen molar-refractivity contribution in [2.24, 2.45) is 0 Å². The summed E-state index contributed by atoms with van der Waals surface area (Å²) in [4.78, 5) is 11.7. The number of carbonyl (C=O) groups is 1. The minimum Gasteiger partial charge on any atom is -0.347 e. The average Bonchev–Trinajstić information content (AvgIpc) is 2.26. The van der Waals surface area contributed by atoms with Crippen LogP contribution >= 0.6 is 91.0 Å². The van der Waals surface area contributed by atoms with E-state index in [-0.39, 0.29) is 5.91 Å². The van der Waals surface area contributed by atoms with E-state index in [1.165, 1.54) is 0 Å². The van der Waals surface area contributed by atoms with Crippen molar-refractivity contribution >= 4 is 96.9 Å². The van der Waals surface area contributed by atoms with E-state index in [0.29, 0.717) is 20.2 Å². The van der Waals surface area contributed by atoms with Gasteiger partial charge in [-0.05, 0) is 85.5 Å². The summed E-state index contributed by atoms with van der Waals surface area (Å²) < 4.78 is 1.61. The Morgan fingerprint density at radius 1 is 1.24 bits per heavy atom. The molecule has 0 saturated heterocycles. The van der Waals surface area contributed by atoms with Crippen molar-refractivity contribution in [1.82, 2.24) is 5.32 Å². The predicted molar refractivity (Wildman–Crippen MR) is 97.4 cm³/mol. The highest BCUT2D eigenvalue weighted by atomic mass is 127. The number of rotatable bonds is 3. The van der Waals surface area contributed by atoms with E-state index in [9.17, 15) is 4.79 Å². The molecule has 0 radical (unpaired) electrons. The topological polar surface area (TPSA) is 29.1 Å². The normalized spacial score (nSPS) is 9.94. The number of nitrogens with one attached hydrogen (secondary N) is 1. The third-order valence-electron chi connectivity index (χ3n) is 1.82. The molecule has 0 saturated carbocycles. The second-order valence-electron chi connectivity index (χ2n) is 2.99. The summed E-state index contributed by atoms with van der Waals surface area (Å²) >= 11 is 18.0. The van der Waals surface area contributed by atoms with Crippen LogP contribution in [0.15, 0.2) is 23.4 Å². The van der Waals surface area contributed by atoms with Gasteiger partial charge < -0.3 is 5.32 Å². The van der Waals surface area contributed by atoms with Crippen LogP contribution in [0.1, 0.15) is 5.56 Å². The van der Waals surface area contributed by atoms with Crippen molar-refractivity contribution in [2.45, 2.75) is 6.54 Å². The fourth-order valence-electron chi connectivity index (χ4n) is 1.00. The van der Waals surface area contributed by atoms with Crippen molar-refractivity contribution in [2.75, 3.05) is 0 Å². The zero-order valence-corrected chi connectivity index (χ0v) is 16.2. The molecule has 1 amide bonds. The Balaban J connectivity index is 2.69. The molecule has 0 bridgehead atoms. The molecular formula is C10H6Cl2I3NO. The smallest absolute Gasteiger partial charge is 0.259 e. The maximum Gasteiger partial charge on any atom is 0.259 e. The molecule has 2 nitrogen and oxygen atoms in total. The first-order chi connectivity index (χ1) is 7.91. The highest BCUT2D eigenvalue weighted by molar-refractivity contribution is 14.2. The average molecular weight is 608 g/mol. The van der Waals surface area contributed by atoms with Crippen molar-refractivity contribution in [3.8, 4) is 0 Å². The Hall–Kier alpha value is 1.20. The van der Waals surface area contributed by atoms with Crippen LogP contribution in [0.5, 0.6) is 0 Å². The standard InChI is InChI=1S/C10H6Cl2I3NO/c11-6-2-1-5(7(12)3-6)4-16-10(17)8(13)9(14)15/h1-3H,4H2,(H,16,17). The van der Waals surface area contributed by atoms with Crippen molar-refractivity contribution < 1.29 is 4.79 Å². The largest absolute Gasteiger partial charge is 0.347 e. The summed E-state index contributed by atoms with van der Waals surface area (Å²) in [6.45, 7) is 0.391. The molecule has 17 heavy (non-hydrogen) atoms. The van der Waals surface area contributed by atoms with Gasteiger partial charge in [-0.1, -0.05) is 29.3 Å². The summed E-state index contributed by atoms with van der Waals surface area (Å²) in [6.07, 6.45) is 0. The van der Waals surface area contributed by atoms with E-state index >= 15 is 0 Å². The second kappa shape index (κ2) is 7.71. The van der Waals surface area contributed by atoms with E-state index in [1.807, 2.05) is 22.6 Å². The van der Waals surface area contributed by atoms with Crippen LogP contribution in [0.25, 0.3) is 0 Å². The van der Waals surface area contributed by atoms with Gasteiger partial charge in [-0.3, -0.25) is 4.79 Å². The van der Waals surface area contributed by atoms with Crippen molar-refractivity contribution in [3.63, 3.8) is 0 Å². The number of carbonyl (C=O) groups excluding carboxylic acids is 1. The van der Waals surface area contributed by atoms with Crippen LogP contribution in [0.2, 0.25) is 10.0 Å². The Kier molecular flexibility index (Phi) is 7.37. The molecule has 7 heteroatoms. The SMILES string of the molecule is O=C(NCc1ccc(Cl)cc1Cl)C(I)=C(I)I. The Labute approximate surface area is 150 Å². The highest BCUT2D eigenvalue weighted by Gasteiger charge is 2.09. The number of hydrogen-bond donors (Lipinski definition) is 1. The summed E-state index contributed by atoms with van der Waals surface area (Å²) in [7, 11) is 0. The van der Waals surface area contributed by atoms with E-state index in [4.69, 9.17) is 23.2 Å². The molecule has 0 unspecified atom stereocenters. The lowest BCUT2D eigenvalue weighted by Crippen LogP contribution is -2.22.